The number of nitrogens with zero attached hydrogens (tertiary/aromatic N) is 1. The molecule has 0 saturated carbocycles. The molecule has 0 radical (unpaired) electrons. The van der Waals surface area contributed by atoms with E-state index in [2.05, 4.69) is 31.8 Å². The van der Waals surface area contributed by atoms with Crippen LogP contribution in [-0.4, -0.2) is 17.5 Å². The molecule has 2 N–H and O–H groups in total. The largest absolute Gasteiger partial charge is 0.320 e. The second-order valence-corrected chi connectivity index (χ2v) is 5.85. The number of carbonyl (C=O) groups excluding carboxylic acids is 2. The van der Waals surface area contributed by atoms with Crippen molar-refractivity contribution in [1.29, 1.82) is 0 Å². The molecule has 0 aliphatic carbocycles. The van der Waals surface area contributed by atoms with Gasteiger partial charge in [-0.15, -0.1) is 0 Å². The number of hydrogen-bond donors (Lipinski definition) is 2. The predicted molar refractivity (Wildman–Crippen MR) is 88.2 cm³/mol. The van der Waals surface area contributed by atoms with Crippen LogP contribution in [0.1, 0.15) is 15.9 Å². The van der Waals surface area contributed by atoms with Gasteiger partial charge in [-0.25, -0.2) is 5.43 Å². The van der Waals surface area contributed by atoms with Crippen molar-refractivity contribution in [2.24, 2.45) is 5.10 Å². The number of hydrogen-bond acceptors (Lipinski definition) is 3. The molecule has 0 bridgehead atoms. The minimum Gasteiger partial charge on any atom is -0.320 e. The van der Waals surface area contributed by atoms with Crippen LogP contribution in [0.25, 0.3) is 0 Å². The SMILES string of the molecule is O=C1Nc2ccc(Br)cc2/C1=N\NC(=O)c1ccccc1Cl. The Labute approximate surface area is 139 Å². The molecule has 1 aliphatic rings. The number of hydrazone groups is 1. The van der Waals surface area contributed by atoms with Gasteiger partial charge in [0.2, 0.25) is 0 Å². The van der Waals surface area contributed by atoms with Crippen molar-refractivity contribution in [3.8, 4) is 0 Å². The molecule has 1 heterocycles. The van der Waals surface area contributed by atoms with Crippen LogP contribution in [0.3, 0.4) is 0 Å². The molecule has 0 unspecified atom stereocenters. The summed E-state index contributed by atoms with van der Waals surface area (Å²) in [6.45, 7) is 0. The Morgan fingerprint density at radius 2 is 2.00 bits per heavy atom. The fourth-order valence-electron chi connectivity index (χ4n) is 2.05. The fourth-order valence-corrected chi connectivity index (χ4v) is 2.63. The van der Waals surface area contributed by atoms with Gasteiger partial charge in [0.05, 0.1) is 16.3 Å². The van der Waals surface area contributed by atoms with Crippen molar-refractivity contribution in [2.75, 3.05) is 5.32 Å². The van der Waals surface area contributed by atoms with Crippen LogP contribution in [0, 0.1) is 0 Å². The molecule has 0 saturated heterocycles. The molecular formula is C15H9BrClN3O2. The van der Waals surface area contributed by atoms with Crippen LogP contribution in [0.4, 0.5) is 5.69 Å². The van der Waals surface area contributed by atoms with Gasteiger partial charge in [-0.2, -0.15) is 5.10 Å². The standard InChI is InChI=1S/C15H9BrClN3O2/c16-8-5-6-12-10(7-8)13(15(22)18-12)19-20-14(21)9-3-1-2-4-11(9)17/h1-7H,(H,20,21)(H,18,19,22). The number of nitrogens with one attached hydrogen (secondary N) is 2. The Hall–Kier alpha value is -2.18. The molecule has 22 heavy (non-hydrogen) atoms. The number of halogens is 2. The van der Waals surface area contributed by atoms with E-state index in [1.807, 2.05) is 6.07 Å². The van der Waals surface area contributed by atoms with Crippen LogP contribution in [-0.2, 0) is 4.79 Å². The van der Waals surface area contributed by atoms with E-state index in [1.165, 1.54) is 0 Å². The average Bonchev–Trinajstić information content (AvgIpc) is 2.80. The van der Waals surface area contributed by atoms with Gasteiger partial charge in [0.15, 0.2) is 5.71 Å². The lowest BCUT2D eigenvalue weighted by atomic mass is 10.1. The maximum Gasteiger partial charge on any atom is 0.276 e. The summed E-state index contributed by atoms with van der Waals surface area (Å²) in [5.74, 6) is -0.845. The maximum absolute atomic E-state index is 12.1. The Morgan fingerprint density at radius 1 is 1.23 bits per heavy atom. The molecule has 5 nitrogen and oxygen atoms in total. The van der Waals surface area contributed by atoms with Gasteiger partial charge >= 0.3 is 0 Å². The summed E-state index contributed by atoms with van der Waals surface area (Å²) in [6, 6.07) is 11.9. The van der Waals surface area contributed by atoms with Crippen molar-refractivity contribution in [3.05, 3.63) is 63.1 Å². The number of amides is 2. The summed E-state index contributed by atoms with van der Waals surface area (Å²) in [5.41, 5.74) is 4.08. The lowest BCUT2D eigenvalue weighted by molar-refractivity contribution is -0.110. The van der Waals surface area contributed by atoms with Crippen LogP contribution < -0.4 is 10.7 Å². The molecule has 0 aromatic heterocycles. The molecule has 2 aromatic carbocycles. The van der Waals surface area contributed by atoms with Crippen molar-refractivity contribution in [1.82, 2.24) is 5.43 Å². The summed E-state index contributed by atoms with van der Waals surface area (Å²) in [7, 11) is 0. The summed E-state index contributed by atoms with van der Waals surface area (Å²) in [5, 5.41) is 6.93. The van der Waals surface area contributed by atoms with Gasteiger partial charge < -0.3 is 5.32 Å². The predicted octanol–water partition coefficient (Wildman–Crippen LogP) is 3.19. The highest BCUT2D eigenvalue weighted by Gasteiger charge is 2.26. The third-order valence-corrected chi connectivity index (χ3v) is 3.91. The quantitative estimate of drug-likeness (QED) is 0.788. The molecule has 0 atom stereocenters. The van der Waals surface area contributed by atoms with Gasteiger partial charge in [0.1, 0.15) is 0 Å². The first kappa shape index (κ1) is 14.7. The van der Waals surface area contributed by atoms with E-state index in [0.717, 1.165) is 4.47 Å². The van der Waals surface area contributed by atoms with Crippen LogP contribution in [0.15, 0.2) is 52.0 Å². The minimum absolute atomic E-state index is 0.150. The van der Waals surface area contributed by atoms with E-state index in [0.29, 0.717) is 21.8 Å². The second kappa shape index (κ2) is 5.90. The van der Waals surface area contributed by atoms with Crippen molar-refractivity contribution in [3.63, 3.8) is 0 Å². The first-order chi connectivity index (χ1) is 10.6. The number of rotatable bonds is 2. The van der Waals surface area contributed by atoms with E-state index in [4.69, 9.17) is 11.6 Å². The second-order valence-electron chi connectivity index (χ2n) is 4.53. The van der Waals surface area contributed by atoms with Gasteiger partial charge in [-0.3, -0.25) is 9.59 Å². The summed E-state index contributed by atoms with van der Waals surface area (Å²) < 4.78 is 0.813. The van der Waals surface area contributed by atoms with Gasteiger partial charge in [0, 0.05) is 10.0 Å². The summed E-state index contributed by atoms with van der Waals surface area (Å²) >= 11 is 9.29. The molecule has 0 fully saturated rings. The molecular weight excluding hydrogens is 370 g/mol. The Bertz CT molecular complexity index is 820. The maximum atomic E-state index is 12.1. The molecule has 2 amide bonds. The highest BCUT2D eigenvalue weighted by Crippen LogP contribution is 2.26. The first-order valence-corrected chi connectivity index (χ1v) is 7.47. The normalized spacial score (nSPS) is 14.6. The zero-order valence-corrected chi connectivity index (χ0v) is 13.4. The highest BCUT2D eigenvalue weighted by molar-refractivity contribution is 9.10. The fraction of sp³-hybridized carbons (Fsp3) is 0. The summed E-state index contributed by atoms with van der Waals surface area (Å²) in [4.78, 5) is 24.0. The zero-order valence-electron chi connectivity index (χ0n) is 11.1. The Balaban J connectivity index is 1.88. The molecule has 2 aromatic rings. The smallest absolute Gasteiger partial charge is 0.276 e. The van der Waals surface area contributed by atoms with E-state index in [-0.39, 0.29) is 11.6 Å². The van der Waals surface area contributed by atoms with E-state index >= 15 is 0 Å². The Kier molecular flexibility index (Phi) is 3.96. The molecule has 0 spiro atoms. The number of carbonyl (C=O) groups is 2. The molecule has 110 valence electrons. The van der Waals surface area contributed by atoms with Crippen molar-refractivity contribution >= 4 is 50.7 Å². The third kappa shape index (κ3) is 2.75. The van der Waals surface area contributed by atoms with E-state index in [1.54, 1.807) is 36.4 Å². The topological polar surface area (TPSA) is 70.6 Å². The monoisotopic (exact) mass is 377 g/mol. The van der Waals surface area contributed by atoms with Crippen molar-refractivity contribution in [2.45, 2.75) is 0 Å². The van der Waals surface area contributed by atoms with Crippen LogP contribution in [0.2, 0.25) is 5.02 Å². The average molecular weight is 379 g/mol. The van der Waals surface area contributed by atoms with E-state index < -0.39 is 5.91 Å². The zero-order chi connectivity index (χ0) is 15.7. The molecule has 3 rings (SSSR count). The number of anilines is 1. The lowest BCUT2D eigenvalue weighted by Gasteiger charge is -2.03. The van der Waals surface area contributed by atoms with Gasteiger partial charge in [-0.05, 0) is 30.3 Å². The van der Waals surface area contributed by atoms with Gasteiger partial charge in [0.25, 0.3) is 11.8 Å². The van der Waals surface area contributed by atoms with Crippen LogP contribution >= 0.6 is 27.5 Å². The van der Waals surface area contributed by atoms with Gasteiger partial charge in [-0.1, -0.05) is 39.7 Å². The number of fused-ring (bicyclic) bond motifs is 1. The van der Waals surface area contributed by atoms with Crippen molar-refractivity contribution < 1.29 is 9.59 Å². The minimum atomic E-state index is -0.477. The van der Waals surface area contributed by atoms with E-state index in [9.17, 15) is 9.59 Å². The summed E-state index contributed by atoms with van der Waals surface area (Å²) in [6.07, 6.45) is 0. The molecule has 7 heteroatoms. The third-order valence-electron chi connectivity index (χ3n) is 3.09. The Morgan fingerprint density at radius 3 is 2.77 bits per heavy atom. The first-order valence-electron chi connectivity index (χ1n) is 6.30. The lowest BCUT2D eigenvalue weighted by Crippen LogP contribution is -2.23. The molecule has 1 aliphatic heterocycles. The van der Waals surface area contributed by atoms with Crippen LogP contribution in [0.5, 0.6) is 0 Å². The highest BCUT2D eigenvalue weighted by atomic mass is 79.9. The number of benzene rings is 2.